The summed E-state index contributed by atoms with van der Waals surface area (Å²) in [6, 6.07) is 0. The maximum absolute atomic E-state index is 5.54. The Labute approximate surface area is 85.5 Å². The fourth-order valence-electron chi connectivity index (χ4n) is 0.451. The van der Waals surface area contributed by atoms with Crippen molar-refractivity contribution in [1.29, 1.82) is 0 Å². The molecule has 0 saturated heterocycles. The molecule has 1 nitrogen and oxygen atoms in total. The van der Waals surface area contributed by atoms with Crippen LogP contribution in [0.2, 0.25) is 0 Å². The zero-order valence-electron chi connectivity index (χ0n) is 5.56. The van der Waals surface area contributed by atoms with Crippen LogP contribution in [0.15, 0.2) is 34.1 Å². The standard InChI is InChI=1S/C6H4BrClN.Li/c1-4-2-6(8)9-3-5(4)7;/h2-3H,1H2;/q-1;+1. The van der Waals surface area contributed by atoms with Gasteiger partial charge in [0.2, 0.25) is 0 Å². The van der Waals surface area contributed by atoms with Crippen LogP contribution in [0.25, 0.3) is 5.32 Å². The van der Waals surface area contributed by atoms with Crippen LogP contribution in [-0.2, 0) is 0 Å². The minimum Gasteiger partial charge on any atom is -0.653 e. The fraction of sp³-hybridized carbons (Fsp3) is 0. The van der Waals surface area contributed by atoms with E-state index in [1.54, 1.807) is 12.3 Å². The van der Waals surface area contributed by atoms with Crippen LogP contribution in [0.4, 0.5) is 0 Å². The largest absolute Gasteiger partial charge is 1.00 e. The third-order valence-corrected chi connectivity index (χ3v) is 1.82. The van der Waals surface area contributed by atoms with E-state index < -0.39 is 0 Å². The van der Waals surface area contributed by atoms with Gasteiger partial charge in [-0.1, -0.05) is 33.7 Å². The predicted molar refractivity (Wildman–Crippen MR) is 43.4 cm³/mol. The van der Waals surface area contributed by atoms with Gasteiger partial charge in [-0.15, -0.1) is 11.6 Å². The summed E-state index contributed by atoms with van der Waals surface area (Å²) in [6.07, 6.45) is 3.33. The van der Waals surface area contributed by atoms with Gasteiger partial charge in [-0.05, 0) is 5.57 Å². The molecule has 10 heavy (non-hydrogen) atoms. The first kappa shape index (κ1) is 10.4. The molecular weight excluding hydrogens is 208 g/mol. The van der Waals surface area contributed by atoms with E-state index in [1.165, 1.54) is 0 Å². The Morgan fingerprint density at radius 3 is 2.60 bits per heavy atom. The Bertz CT molecular complexity index is 210. The van der Waals surface area contributed by atoms with E-state index in [0.717, 1.165) is 10.1 Å². The van der Waals surface area contributed by atoms with E-state index in [4.69, 9.17) is 11.6 Å². The van der Waals surface area contributed by atoms with Gasteiger partial charge in [0.1, 0.15) is 0 Å². The zero-order valence-corrected chi connectivity index (χ0v) is 7.91. The maximum atomic E-state index is 5.54. The second-order valence-corrected chi connectivity index (χ2v) is 2.84. The van der Waals surface area contributed by atoms with Crippen molar-refractivity contribution in [2.75, 3.05) is 0 Å². The molecule has 1 aliphatic rings. The third kappa shape index (κ3) is 2.55. The molecular formula is C6H4BrClLiN. The normalized spacial score (nSPS) is 16.4. The summed E-state index contributed by atoms with van der Waals surface area (Å²) >= 11 is 8.79. The maximum Gasteiger partial charge on any atom is 1.00 e. The Kier molecular flexibility index (Phi) is 4.47. The van der Waals surface area contributed by atoms with Crippen molar-refractivity contribution in [2.45, 2.75) is 0 Å². The van der Waals surface area contributed by atoms with Crippen molar-refractivity contribution < 1.29 is 18.9 Å². The average molecular weight is 212 g/mol. The first-order valence-electron chi connectivity index (χ1n) is 2.33. The van der Waals surface area contributed by atoms with E-state index >= 15 is 0 Å². The number of hydrogen-bond acceptors (Lipinski definition) is 0. The monoisotopic (exact) mass is 211 g/mol. The summed E-state index contributed by atoms with van der Waals surface area (Å²) < 4.78 is 0.881. The number of rotatable bonds is 0. The van der Waals surface area contributed by atoms with Crippen LogP contribution < -0.4 is 18.9 Å². The predicted octanol–water partition coefficient (Wildman–Crippen LogP) is 0.250. The molecule has 48 valence electrons. The van der Waals surface area contributed by atoms with Crippen molar-refractivity contribution in [3.8, 4) is 0 Å². The number of allylic oxidation sites excluding steroid dienone is 3. The molecule has 0 spiro atoms. The average Bonchev–Trinajstić information content (AvgIpc) is 1.80. The van der Waals surface area contributed by atoms with E-state index in [2.05, 4.69) is 27.8 Å². The van der Waals surface area contributed by atoms with Crippen LogP contribution in [-0.4, -0.2) is 0 Å². The molecule has 0 aromatic rings. The van der Waals surface area contributed by atoms with Crippen LogP contribution in [0.1, 0.15) is 0 Å². The summed E-state index contributed by atoms with van der Waals surface area (Å²) in [5, 5.41) is 4.29. The molecule has 1 heterocycles. The van der Waals surface area contributed by atoms with Crippen molar-refractivity contribution >= 4 is 27.5 Å². The molecule has 4 heteroatoms. The van der Waals surface area contributed by atoms with E-state index in [0.29, 0.717) is 5.16 Å². The van der Waals surface area contributed by atoms with Crippen molar-refractivity contribution in [3.05, 3.63) is 39.4 Å². The molecule has 0 bridgehead atoms. The molecule has 0 aromatic heterocycles. The minimum atomic E-state index is 0. The third-order valence-electron chi connectivity index (χ3n) is 0.901. The summed E-state index contributed by atoms with van der Waals surface area (Å²) in [5.74, 6) is 0. The van der Waals surface area contributed by atoms with E-state index in [9.17, 15) is 0 Å². The van der Waals surface area contributed by atoms with E-state index in [-0.39, 0.29) is 18.9 Å². The quantitative estimate of drug-likeness (QED) is 0.404. The van der Waals surface area contributed by atoms with Crippen LogP contribution in [0.3, 0.4) is 0 Å². The minimum absolute atomic E-state index is 0. The molecule has 0 amide bonds. The molecule has 1 aliphatic heterocycles. The van der Waals surface area contributed by atoms with Gasteiger partial charge < -0.3 is 5.32 Å². The summed E-state index contributed by atoms with van der Waals surface area (Å²) in [7, 11) is 0. The van der Waals surface area contributed by atoms with Gasteiger partial charge >= 0.3 is 18.9 Å². The van der Waals surface area contributed by atoms with Gasteiger partial charge in [-0.2, -0.15) is 6.20 Å². The second-order valence-electron chi connectivity index (χ2n) is 1.60. The first-order chi connectivity index (χ1) is 4.20. The van der Waals surface area contributed by atoms with Crippen molar-refractivity contribution in [2.24, 2.45) is 0 Å². The van der Waals surface area contributed by atoms with Crippen LogP contribution >= 0.6 is 27.5 Å². The van der Waals surface area contributed by atoms with Crippen LogP contribution in [0.5, 0.6) is 0 Å². The summed E-state index contributed by atoms with van der Waals surface area (Å²) in [5.41, 5.74) is 0.856. The van der Waals surface area contributed by atoms with Gasteiger partial charge in [0.05, 0.1) is 0 Å². The molecule has 0 saturated carbocycles. The molecule has 0 fully saturated rings. The van der Waals surface area contributed by atoms with Gasteiger partial charge in [0.15, 0.2) is 0 Å². The molecule has 0 radical (unpaired) electrons. The fourth-order valence-corrected chi connectivity index (χ4v) is 0.849. The molecule has 0 aromatic carbocycles. The van der Waals surface area contributed by atoms with Gasteiger partial charge in [-0.3, -0.25) is 0 Å². The Morgan fingerprint density at radius 2 is 2.20 bits per heavy atom. The number of nitrogens with zero attached hydrogens (tertiary/aromatic N) is 1. The smallest absolute Gasteiger partial charge is 0.653 e. The Morgan fingerprint density at radius 1 is 1.60 bits per heavy atom. The number of hydrogen-bond donors (Lipinski definition) is 0. The first-order valence-corrected chi connectivity index (χ1v) is 3.50. The van der Waals surface area contributed by atoms with Crippen molar-refractivity contribution in [3.63, 3.8) is 0 Å². The zero-order chi connectivity index (χ0) is 6.85. The SMILES string of the molecule is C=C1C=C(Cl)[N-]C=C1Br.[Li+]. The Hall–Kier alpha value is 0.387. The number of halogens is 2. The van der Waals surface area contributed by atoms with E-state index in [1.807, 2.05) is 0 Å². The molecule has 1 rings (SSSR count). The molecule has 0 atom stereocenters. The Balaban J connectivity index is 0.000000810. The topological polar surface area (TPSA) is 14.1 Å². The summed E-state index contributed by atoms with van der Waals surface area (Å²) in [6.45, 7) is 3.71. The summed E-state index contributed by atoms with van der Waals surface area (Å²) in [4.78, 5) is 0. The van der Waals surface area contributed by atoms with Crippen molar-refractivity contribution in [1.82, 2.24) is 0 Å². The van der Waals surface area contributed by atoms with Gasteiger partial charge in [-0.25, -0.2) is 0 Å². The second kappa shape index (κ2) is 4.30. The molecule has 0 aliphatic carbocycles. The van der Waals surface area contributed by atoms with Crippen LogP contribution in [0, 0.1) is 0 Å². The molecule has 0 N–H and O–H groups in total. The molecule has 0 unspecified atom stereocenters. The van der Waals surface area contributed by atoms with Gasteiger partial charge in [0.25, 0.3) is 0 Å². The van der Waals surface area contributed by atoms with Gasteiger partial charge in [0, 0.05) is 4.48 Å².